The van der Waals surface area contributed by atoms with Gasteiger partial charge in [0, 0.05) is 15.9 Å². The monoisotopic (exact) mass is 399 g/mol. The van der Waals surface area contributed by atoms with Crippen LogP contribution in [0.25, 0.3) is 0 Å². The Morgan fingerprint density at radius 2 is 1.95 bits per heavy atom. The molecule has 0 bridgehead atoms. The molecule has 0 saturated carbocycles. The Labute approximate surface area is 133 Å². The van der Waals surface area contributed by atoms with E-state index < -0.39 is 4.92 Å². The molecule has 2 aromatic carbocycles. The lowest BCUT2D eigenvalue weighted by molar-refractivity contribution is -0.385. The summed E-state index contributed by atoms with van der Waals surface area (Å²) in [4.78, 5) is 10.7. The zero-order chi connectivity index (χ0) is 14.7. The molecule has 0 amide bonds. The minimum Gasteiger partial charge on any atom is -0.450 e. The number of rotatable bonds is 4. The summed E-state index contributed by atoms with van der Waals surface area (Å²) in [6, 6.07) is 10.5. The van der Waals surface area contributed by atoms with Crippen LogP contribution in [0.1, 0.15) is 11.1 Å². The van der Waals surface area contributed by atoms with Crippen LogP contribution in [0.15, 0.2) is 40.9 Å². The summed E-state index contributed by atoms with van der Waals surface area (Å²) in [5.74, 6) is 0.829. The van der Waals surface area contributed by atoms with Crippen molar-refractivity contribution < 1.29 is 9.66 Å². The molecule has 0 saturated heterocycles. The van der Waals surface area contributed by atoms with E-state index in [-0.39, 0.29) is 11.4 Å². The van der Waals surface area contributed by atoms with Crippen LogP contribution in [0, 0.1) is 17.0 Å². The predicted molar refractivity (Wildman–Crippen MR) is 84.7 cm³/mol. The largest absolute Gasteiger partial charge is 0.450 e. The molecule has 0 N–H and O–H groups in total. The highest BCUT2D eigenvalue weighted by Crippen LogP contribution is 2.35. The number of nitro benzene ring substituents is 1. The van der Waals surface area contributed by atoms with Gasteiger partial charge in [0.2, 0.25) is 5.75 Å². The Bertz CT molecular complexity index is 659. The molecule has 2 aromatic rings. The number of alkyl halides is 1. The molecular weight excluding hydrogens is 390 g/mol. The zero-order valence-electron chi connectivity index (χ0n) is 10.6. The number of aryl methyl sites for hydroxylation is 1. The first-order chi connectivity index (χ1) is 9.51. The van der Waals surface area contributed by atoms with Crippen LogP contribution >= 0.6 is 31.9 Å². The van der Waals surface area contributed by atoms with Gasteiger partial charge < -0.3 is 4.74 Å². The van der Waals surface area contributed by atoms with Crippen LogP contribution in [0.5, 0.6) is 11.5 Å². The van der Waals surface area contributed by atoms with E-state index in [1.165, 1.54) is 6.07 Å². The fraction of sp³-hybridized carbons (Fsp3) is 0.143. The molecule has 6 heteroatoms. The SMILES string of the molecule is Cc1ccc(Br)cc1Oc1ccc(CBr)cc1[N+](=O)[O-]. The second-order valence-electron chi connectivity index (χ2n) is 4.20. The molecule has 4 nitrogen and oxygen atoms in total. The lowest BCUT2D eigenvalue weighted by Crippen LogP contribution is -1.95. The predicted octanol–water partition coefficient (Wildman–Crippen LogP) is 5.35. The normalized spacial score (nSPS) is 10.3. The minimum atomic E-state index is -0.436. The highest BCUT2D eigenvalue weighted by Gasteiger charge is 2.17. The van der Waals surface area contributed by atoms with Crippen molar-refractivity contribution in [1.29, 1.82) is 0 Å². The van der Waals surface area contributed by atoms with Crippen molar-refractivity contribution in [3.63, 3.8) is 0 Å². The highest BCUT2D eigenvalue weighted by atomic mass is 79.9. The van der Waals surface area contributed by atoms with Crippen molar-refractivity contribution in [3.8, 4) is 11.5 Å². The van der Waals surface area contributed by atoms with Gasteiger partial charge in [-0.15, -0.1) is 0 Å². The van der Waals surface area contributed by atoms with Crippen LogP contribution in [-0.4, -0.2) is 4.92 Å². The molecule has 0 radical (unpaired) electrons. The quantitative estimate of drug-likeness (QED) is 0.394. The van der Waals surface area contributed by atoms with Gasteiger partial charge in [-0.25, -0.2) is 0 Å². The highest BCUT2D eigenvalue weighted by molar-refractivity contribution is 9.10. The van der Waals surface area contributed by atoms with Gasteiger partial charge >= 0.3 is 5.69 Å². The standard InChI is InChI=1S/C14H11Br2NO3/c1-9-2-4-11(16)7-14(9)20-13-5-3-10(8-15)6-12(13)17(18)19/h2-7H,8H2,1H3. The number of nitrogens with zero attached hydrogens (tertiary/aromatic N) is 1. The molecule has 0 aliphatic rings. The molecule has 0 heterocycles. The second kappa shape index (κ2) is 6.37. The van der Waals surface area contributed by atoms with Gasteiger partial charge in [0.25, 0.3) is 0 Å². The van der Waals surface area contributed by atoms with Crippen LogP contribution < -0.4 is 4.74 Å². The molecule has 0 aromatic heterocycles. The van der Waals surface area contributed by atoms with E-state index in [1.807, 2.05) is 19.1 Å². The van der Waals surface area contributed by atoms with Crippen LogP contribution in [-0.2, 0) is 5.33 Å². The van der Waals surface area contributed by atoms with Gasteiger partial charge in [-0.3, -0.25) is 10.1 Å². The number of hydrogen-bond donors (Lipinski definition) is 0. The fourth-order valence-electron chi connectivity index (χ4n) is 1.68. The maximum absolute atomic E-state index is 11.1. The first-order valence-electron chi connectivity index (χ1n) is 5.78. The maximum atomic E-state index is 11.1. The minimum absolute atomic E-state index is 0.0404. The smallest absolute Gasteiger partial charge is 0.311 e. The molecule has 104 valence electrons. The molecule has 0 aliphatic carbocycles. The van der Waals surface area contributed by atoms with Crippen molar-refractivity contribution >= 4 is 37.5 Å². The van der Waals surface area contributed by atoms with E-state index in [2.05, 4.69) is 31.9 Å². The van der Waals surface area contributed by atoms with Crippen LogP contribution in [0.3, 0.4) is 0 Å². The Morgan fingerprint density at radius 3 is 2.60 bits per heavy atom. The summed E-state index contributed by atoms with van der Waals surface area (Å²) < 4.78 is 6.55. The van der Waals surface area contributed by atoms with Crippen LogP contribution in [0.2, 0.25) is 0 Å². The molecule has 0 atom stereocenters. The van der Waals surface area contributed by atoms with Gasteiger partial charge in [0.05, 0.1) is 4.92 Å². The van der Waals surface area contributed by atoms with E-state index in [1.54, 1.807) is 18.2 Å². The zero-order valence-corrected chi connectivity index (χ0v) is 13.8. The van der Waals surface area contributed by atoms with E-state index >= 15 is 0 Å². The number of hydrogen-bond acceptors (Lipinski definition) is 3. The fourth-order valence-corrected chi connectivity index (χ4v) is 2.37. The third-order valence-electron chi connectivity index (χ3n) is 2.74. The second-order valence-corrected chi connectivity index (χ2v) is 5.68. The molecule has 0 aliphatic heterocycles. The summed E-state index contributed by atoms with van der Waals surface area (Å²) in [6.45, 7) is 1.89. The summed E-state index contributed by atoms with van der Waals surface area (Å²) in [5, 5.41) is 11.7. The number of benzene rings is 2. The first-order valence-corrected chi connectivity index (χ1v) is 7.70. The number of halogens is 2. The summed E-state index contributed by atoms with van der Waals surface area (Å²) >= 11 is 6.64. The molecule has 0 fully saturated rings. The van der Waals surface area contributed by atoms with Crippen molar-refractivity contribution in [3.05, 3.63) is 62.1 Å². The molecule has 20 heavy (non-hydrogen) atoms. The topological polar surface area (TPSA) is 52.4 Å². The average molecular weight is 401 g/mol. The lowest BCUT2D eigenvalue weighted by Gasteiger charge is -2.10. The Morgan fingerprint density at radius 1 is 1.20 bits per heavy atom. The van der Waals surface area contributed by atoms with Gasteiger partial charge in [0.15, 0.2) is 0 Å². The van der Waals surface area contributed by atoms with E-state index in [9.17, 15) is 10.1 Å². The third-order valence-corrected chi connectivity index (χ3v) is 3.89. The van der Waals surface area contributed by atoms with Gasteiger partial charge in [0.1, 0.15) is 5.75 Å². The van der Waals surface area contributed by atoms with Crippen molar-refractivity contribution in [1.82, 2.24) is 0 Å². The number of ether oxygens (including phenoxy) is 1. The van der Waals surface area contributed by atoms with Crippen molar-refractivity contribution in [2.75, 3.05) is 0 Å². The van der Waals surface area contributed by atoms with Crippen molar-refractivity contribution in [2.45, 2.75) is 12.3 Å². The van der Waals surface area contributed by atoms with Gasteiger partial charge in [-0.05, 0) is 36.2 Å². The van der Waals surface area contributed by atoms with E-state index in [4.69, 9.17) is 4.74 Å². The van der Waals surface area contributed by atoms with E-state index in [0.29, 0.717) is 11.1 Å². The molecular formula is C14H11Br2NO3. The number of nitro groups is 1. The Hall–Kier alpha value is -1.40. The molecule has 2 rings (SSSR count). The first kappa shape index (κ1) is 15.0. The summed E-state index contributed by atoms with van der Waals surface area (Å²) in [6.07, 6.45) is 0. The van der Waals surface area contributed by atoms with E-state index in [0.717, 1.165) is 15.6 Å². The maximum Gasteiger partial charge on any atom is 0.311 e. The Kier molecular flexibility index (Phi) is 4.77. The van der Waals surface area contributed by atoms with Gasteiger partial charge in [-0.2, -0.15) is 0 Å². The molecule has 0 unspecified atom stereocenters. The van der Waals surface area contributed by atoms with Gasteiger partial charge in [-0.1, -0.05) is 44.0 Å². The Balaban J connectivity index is 2.42. The average Bonchev–Trinajstić information content (AvgIpc) is 2.43. The van der Waals surface area contributed by atoms with Crippen LogP contribution in [0.4, 0.5) is 5.69 Å². The summed E-state index contributed by atoms with van der Waals surface area (Å²) in [7, 11) is 0. The summed E-state index contributed by atoms with van der Waals surface area (Å²) in [5.41, 5.74) is 1.70. The molecule has 0 spiro atoms. The van der Waals surface area contributed by atoms with Crippen molar-refractivity contribution in [2.24, 2.45) is 0 Å². The third kappa shape index (κ3) is 3.37. The lowest BCUT2D eigenvalue weighted by atomic mass is 10.2.